The maximum atomic E-state index is 12.4. The molecule has 8 heteroatoms. The van der Waals surface area contributed by atoms with Crippen LogP contribution in [-0.2, 0) is 16.6 Å². The summed E-state index contributed by atoms with van der Waals surface area (Å²) >= 11 is 0. The van der Waals surface area contributed by atoms with Crippen LogP contribution in [0.25, 0.3) is 0 Å². The average Bonchev–Trinajstić information content (AvgIpc) is 2.97. The molecule has 1 heterocycles. The number of sulfonamides is 1. The van der Waals surface area contributed by atoms with Crippen LogP contribution in [0.3, 0.4) is 0 Å². The lowest BCUT2D eigenvalue weighted by molar-refractivity contribution is 0.340. The van der Waals surface area contributed by atoms with E-state index in [0.717, 1.165) is 22.5 Å². The van der Waals surface area contributed by atoms with Crippen molar-refractivity contribution in [3.05, 3.63) is 77.1 Å². The van der Waals surface area contributed by atoms with Crippen LogP contribution < -0.4 is 9.57 Å². The smallest absolute Gasteiger partial charge is 0.276 e. The molecule has 0 bridgehead atoms. The fraction of sp³-hybridized carbons (Fsp3) is 0.238. The standard InChI is InChI=1S/C21H24N4O3S/c1-4-28-19-10-12-20(13-11-19)29(26,27)24-22-14-21-16(2)23-25(17(21)3)15-18-8-6-5-7-9-18/h5-14,24H,4,15H2,1-3H3/b22-14+. The van der Waals surface area contributed by atoms with Gasteiger partial charge in [-0.2, -0.15) is 18.6 Å². The van der Waals surface area contributed by atoms with Crippen LogP contribution in [0.4, 0.5) is 0 Å². The molecule has 0 aliphatic heterocycles. The van der Waals surface area contributed by atoms with E-state index in [2.05, 4.69) is 15.0 Å². The molecule has 0 aliphatic rings. The highest BCUT2D eigenvalue weighted by Gasteiger charge is 2.14. The van der Waals surface area contributed by atoms with Crippen molar-refractivity contribution in [1.29, 1.82) is 0 Å². The quantitative estimate of drug-likeness (QED) is 0.455. The number of ether oxygens (including phenoxy) is 1. The number of rotatable bonds is 8. The largest absolute Gasteiger partial charge is 0.494 e. The summed E-state index contributed by atoms with van der Waals surface area (Å²) < 4.78 is 32.1. The van der Waals surface area contributed by atoms with E-state index >= 15 is 0 Å². The van der Waals surface area contributed by atoms with Gasteiger partial charge in [-0.15, -0.1) is 0 Å². The van der Waals surface area contributed by atoms with Crippen molar-refractivity contribution < 1.29 is 13.2 Å². The second-order valence-electron chi connectivity index (χ2n) is 6.49. The highest BCUT2D eigenvalue weighted by Crippen LogP contribution is 2.16. The molecule has 29 heavy (non-hydrogen) atoms. The van der Waals surface area contributed by atoms with E-state index in [0.29, 0.717) is 18.9 Å². The molecule has 0 atom stereocenters. The highest BCUT2D eigenvalue weighted by atomic mass is 32.2. The second kappa shape index (κ2) is 8.91. The van der Waals surface area contributed by atoms with Crippen LogP contribution in [0.2, 0.25) is 0 Å². The van der Waals surface area contributed by atoms with Crippen LogP contribution in [0.15, 0.2) is 64.6 Å². The molecule has 0 unspecified atom stereocenters. The Labute approximate surface area is 171 Å². The van der Waals surface area contributed by atoms with Crippen molar-refractivity contribution in [3.63, 3.8) is 0 Å². The lowest BCUT2D eigenvalue weighted by atomic mass is 10.2. The molecule has 0 saturated carbocycles. The maximum Gasteiger partial charge on any atom is 0.276 e. The Morgan fingerprint density at radius 3 is 2.45 bits per heavy atom. The molecule has 1 N–H and O–H groups in total. The zero-order valence-corrected chi connectivity index (χ0v) is 17.5. The van der Waals surface area contributed by atoms with Gasteiger partial charge in [0.25, 0.3) is 10.0 Å². The van der Waals surface area contributed by atoms with E-state index < -0.39 is 10.0 Å². The van der Waals surface area contributed by atoms with Crippen molar-refractivity contribution in [3.8, 4) is 5.75 Å². The van der Waals surface area contributed by atoms with Crippen LogP contribution in [0, 0.1) is 13.8 Å². The Balaban J connectivity index is 1.72. The van der Waals surface area contributed by atoms with E-state index in [9.17, 15) is 8.42 Å². The van der Waals surface area contributed by atoms with Crippen LogP contribution in [0.1, 0.15) is 29.4 Å². The van der Waals surface area contributed by atoms with Crippen molar-refractivity contribution in [2.45, 2.75) is 32.2 Å². The summed E-state index contributed by atoms with van der Waals surface area (Å²) in [6.45, 7) is 6.83. The molecule has 0 radical (unpaired) electrons. The van der Waals surface area contributed by atoms with Gasteiger partial charge in [0, 0.05) is 11.3 Å². The van der Waals surface area contributed by atoms with Gasteiger partial charge in [0.1, 0.15) is 5.75 Å². The number of hydrogen-bond acceptors (Lipinski definition) is 5. The number of hydrazone groups is 1. The third-order valence-electron chi connectivity index (χ3n) is 4.42. The van der Waals surface area contributed by atoms with Crippen molar-refractivity contribution in [2.75, 3.05) is 6.61 Å². The molecular formula is C21H24N4O3S. The predicted octanol–water partition coefficient (Wildman–Crippen LogP) is 3.26. The van der Waals surface area contributed by atoms with Gasteiger partial charge in [0.05, 0.1) is 30.0 Å². The summed E-state index contributed by atoms with van der Waals surface area (Å²) in [5, 5.41) is 8.48. The summed E-state index contributed by atoms with van der Waals surface area (Å²) in [4.78, 5) is 2.37. The summed E-state index contributed by atoms with van der Waals surface area (Å²) in [6, 6.07) is 16.2. The summed E-state index contributed by atoms with van der Waals surface area (Å²) in [5.41, 5.74) is 3.62. The molecule has 7 nitrogen and oxygen atoms in total. The molecular weight excluding hydrogens is 388 g/mol. The SMILES string of the molecule is CCOc1ccc(S(=O)(=O)N/N=C/c2c(C)nn(Cc3ccccc3)c2C)cc1. The maximum absolute atomic E-state index is 12.4. The number of nitrogens with zero attached hydrogens (tertiary/aromatic N) is 3. The third kappa shape index (κ3) is 5.03. The molecule has 3 rings (SSSR count). The van der Waals surface area contributed by atoms with E-state index in [4.69, 9.17) is 4.74 Å². The van der Waals surface area contributed by atoms with Gasteiger partial charge in [-0.25, -0.2) is 4.83 Å². The Morgan fingerprint density at radius 1 is 1.10 bits per heavy atom. The molecule has 0 amide bonds. The normalized spacial score (nSPS) is 11.7. The molecule has 1 aromatic heterocycles. The first-order chi connectivity index (χ1) is 13.9. The summed E-state index contributed by atoms with van der Waals surface area (Å²) in [5.74, 6) is 0.618. The van der Waals surface area contributed by atoms with Crippen LogP contribution in [-0.4, -0.2) is 31.0 Å². The first-order valence-electron chi connectivity index (χ1n) is 9.26. The minimum atomic E-state index is -3.76. The second-order valence-corrected chi connectivity index (χ2v) is 8.15. The molecule has 0 spiro atoms. The number of hydrogen-bond donors (Lipinski definition) is 1. The lowest BCUT2D eigenvalue weighted by Gasteiger charge is -2.06. The zero-order valence-electron chi connectivity index (χ0n) is 16.7. The van der Waals surface area contributed by atoms with E-state index in [1.54, 1.807) is 12.1 Å². The molecule has 0 aliphatic carbocycles. The Kier molecular flexibility index (Phi) is 6.33. The first kappa shape index (κ1) is 20.6. The minimum absolute atomic E-state index is 0.117. The minimum Gasteiger partial charge on any atom is -0.494 e. The number of aryl methyl sites for hydroxylation is 1. The first-order valence-corrected chi connectivity index (χ1v) is 10.7. The van der Waals surface area contributed by atoms with Crippen molar-refractivity contribution >= 4 is 16.2 Å². The van der Waals surface area contributed by atoms with E-state index in [1.807, 2.05) is 55.8 Å². The Morgan fingerprint density at radius 2 is 1.79 bits per heavy atom. The summed E-state index contributed by atoms with van der Waals surface area (Å²) in [7, 11) is -3.76. The summed E-state index contributed by atoms with van der Waals surface area (Å²) in [6.07, 6.45) is 1.49. The number of aromatic nitrogens is 2. The van der Waals surface area contributed by atoms with Crippen LogP contribution in [0.5, 0.6) is 5.75 Å². The lowest BCUT2D eigenvalue weighted by Crippen LogP contribution is -2.18. The third-order valence-corrected chi connectivity index (χ3v) is 5.66. The van der Waals surface area contributed by atoms with Gasteiger partial charge in [0.2, 0.25) is 0 Å². The monoisotopic (exact) mass is 412 g/mol. The average molecular weight is 413 g/mol. The number of benzene rings is 2. The highest BCUT2D eigenvalue weighted by molar-refractivity contribution is 7.89. The molecule has 3 aromatic rings. The van der Waals surface area contributed by atoms with E-state index in [1.165, 1.54) is 18.3 Å². The van der Waals surface area contributed by atoms with Gasteiger partial charge in [-0.05, 0) is 50.6 Å². The molecule has 152 valence electrons. The van der Waals surface area contributed by atoms with Gasteiger partial charge in [0.15, 0.2) is 0 Å². The van der Waals surface area contributed by atoms with Gasteiger partial charge in [-0.1, -0.05) is 30.3 Å². The zero-order chi connectivity index (χ0) is 20.9. The fourth-order valence-electron chi connectivity index (χ4n) is 2.90. The fourth-order valence-corrected chi connectivity index (χ4v) is 3.69. The van der Waals surface area contributed by atoms with Crippen LogP contribution >= 0.6 is 0 Å². The number of nitrogens with one attached hydrogen (secondary N) is 1. The molecule has 0 saturated heterocycles. The Hall–Kier alpha value is -3.13. The van der Waals surface area contributed by atoms with Crippen molar-refractivity contribution in [2.24, 2.45) is 5.10 Å². The Bertz CT molecular complexity index is 1090. The van der Waals surface area contributed by atoms with Gasteiger partial charge >= 0.3 is 0 Å². The predicted molar refractivity (Wildman–Crippen MR) is 113 cm³/mol. The van der Waals surface area contributed by atoms with Gasteiger partial charge < -0.3 is 4.74 Å². The van der Waals surface area contributed by atoms with Crippen molar-refractivity contribution in [1.82, 2.24) is 14.6 Å². The molecule has 2 aromatic carbocycles. The molecule has 0 fully saturated rings. The van der Waals surface area contributed by atoms with Gasteiger partial charge in [-0.3, -0.25) is 4.68 Å². The van der Waals surface area contributed by atoms with E-state index in [-0.39, 0.29) is 4.90 Å². The topological polar surface area (TPSA) is 85.6 Å².